The number of hydrogen-bond donors (Lipinski definition) is 1. The van der Waals surface area contributed by atoms with Crippen LogP contribution in [0.25, 0.3) is 10.9 Å². The van der Waals surface area contributed by atoms with E-state index in [1.54, 1.807) is 0 Å². The molecule has 0 atom stereocenters. The average Bonchev–Trinajstić information content (AvgIpc) is 3.11. The summed E-state index contributed by atoms with van der Waals surface area (Å²) >= 11 is 0. The van der Waals surface area contributed by atoms with Crippen LogP contribution in [0.1, 0.15) is 36.0 Å². The summed E-state index contributed by atoms with van der Waals surface area (Å²) in [4.78, 5) is 4.45. The molecule has 0 radical (unpaired) electrons. The molecule has 1 N–H and O–H groups in total. The summed E-state index contributed by atoms with van der Waals surface area (Å²) in [6, 6.07) is 7.99. The van der Waals surface area contributed by atoms with Crippen LogP contribution in [0.15, 0.2) is 35.0 Å². The molecular weight excluding hydrogens is 254 g/mol. The van der Waals surface area contributed by atoms with Gasteiger partial charge in [-0.05, 0) is 35.9 Å². The summed E-state index contributed by atoms with van der Waals surface area (Å²) in [6.07, 6.45) is 4.35. The van der Waals surface area contributed by atoms with Crippen molar-refractivity contribution in [2.45, 2.75) is 31.9 Å². The first kappa shape index (κ1) is 11.7. The van der Waals surface area contributed by atoms with Crippen LogP contribution < -0.4 is 0 Å². The molecule has 0 spiro atoms. The lowest BCUT2D eigenvalue weighted by Crippen LogP contribution is -1.99. The Kier molecular flexibility index (Phi) is 2.60. The van der Waals surface area contributed by atoms with Gasteiger partial charge < -0.3 is 14.2 Å². The van der Waals surface area contributed by atoms with Crippen LogP contribution >= 0.6 is 0 Å². The molecule has 2 aromatic heterocycles. The van der Waals surface area contributed by atoms with E-state index in [9.17, 15) is 5.11 Å². The van der Waals surface area contributed by atoms with Gasteiger partial charge in [0.2, 0.25) is 5.89 Å². The minimum absolute atomic E-state index is 0.0491. The molecule has 5 heteroatoms. The summed E-state index contributed by atoms with van der Waals surface area (Å²) in [7, 11) is 0. The molecule has 0 aliphatic heterocycles. The van der Waals surface area contributed by atoms with Crippen molar-refractivity contribution in [3.05, 3.63) is 47.7 Å². The molecule has 0 saturated heterocycles. The molecule has 3 aromatic rings. The highest BCUT2D eigenvalue weighted by Crippen LogP contribution is 2.38. The van der Waals surface area contributed by atoms with E-state index in [1.165, 1.54) is 12.8 Å². The van der Waals surface area contributed by atoms with Crippen molar-refractivity contribution in [1.29, 1.82) is 0 Å². The molecule has 1 aliphatic carbocycles. The van der Waals surface area contributed by atoms with E-state index in [4.69, 9.17) is 4.52 Å². The number of rotatable bonds is 4. The van der Waals surface area contributed by atoms with Gasteiger partial charge in [0.25, 0.3) is 0 Å². The van der Waals surface area contributed by atoms with Crippen molar-refractivity contribution in [2.24, 2.45) is 0 Å². The highest BCUT2D eigenvalue weighted by Gasteiger charge is 2.28. The van der Waals surface area contributed by atoms with Gasteiger partial charge in [-0.25, -0.2) is 0 Å². The van der Waals surface area contributed by atoms with E-state index >= 15 is 0 Å². The van der Waals surface area contributed by atoms with E-state index in [0.717, 1.165) is 22.3 Å². The monoisotopic (exact) mass is 269 g/mol. The van der Waals surface area contributed by atoms with Crippen molar-refractivity contribution in [3.63, 3.8) is 0 Å². The minimum Gasteiger partial charge on any atom is -0.392 e. The number of benzene rings is 1. The summed E-state index contributed by atoms with van der Waals surface area (Å²) in [6.45, 7) is 0.617. The maximum Gasteiger partial charge on any atom is 0.246 e. The van der Waals surface area contributed by atoms with E-state index in [-0.39, 0.29) is 6.61 Å². The Morgan fingerprint density at radius 3 is 3.00 bits per heavy atom. The predicted molar refractivity (Wildman–Crippen MR) is 73.2 cm³/mol. The van der Waals surface area contributed by atoms with Gasteiger partial charge in [0.05, 0.1) is 6.61 Å². The number of nitrogens with zero attached hydrogens (tertiary/aromatic N) is 3. The second-order valence-electron chi connectivity index (χ2n) is 5.32. The maximum atomic E-state index is 9.24. The Morgan fingerprint density at radius 2 is 2.20 bits per heavy atom. The molecule has 0 unspecified atom stereocenters. The maximum absolute atomic E-state index is 9.24. The van der Waals surface area contributed by atoms with E-state index in [0.29, 0.717) is 18.4 Å². The second-order valence-corrected chi connectivity index (χ2v) is 5.32. The zero-order chi connectivity index (χ0) is 13.5. The summed E-state index contributed by atoms with van der Waals surface area (Å²) in [5, 5.41) is 14.4. The third-order valence-electron chi connectivity index (χ3n) is 3.75. The first-order valence-corrected chi connectivity index (χ1v) is 6.84. The van der Waals surface area contributed by atoms with Crippen molar-refractivity contribution in [3.8, 4) is 0 Å². The van der Waals surface area contributed by atoms with Crippen LogP contribution in [0, 0.1) is 0 Å². The molecule has 1 saturated carbocycles. The molecule has 0 amide bonds. The standard InChI is InChI=1S/C15H15N3O2/c19-9-10-1-2-11-5-6-18(13(11)7-10)8-14-16-15(17-20-14)12-3-4-12/h1-2,5-7,12,19H,3-4,8-9H2. The van der Waals surface area contributed by atoms with Crippen LogP contribution in [-0.4, -0.2) is 19.8 Å². The molecule has 1 aromatic carbocycles. The number of fused-ring (bicyclic) bond motifs is 1. The zero-order valence-corrected chi connectivity index (χ0v) is 11.0. The van der Waals surface area contributed by atoms with Gasteiger partial charge >= 0.3 is 0 Å². The molecule has 1 fully saturated rings. The highest BCUT2D eigenvalue weighted by atomic mass is 16.5. The molecule has 5 nitrogen and oxygen atoms in total. The Morgan fingerprint density at radius 1 is 1.30 bits per heavy atom. The number of hydrogen-bond acceptors (Lipinski definition) is 4. The van der Waals surface area contributed by atoms with Crippen molar-refractivity contribution >= 4 is 10.9 Å². The third-order valence-corrected chi connectivity index (χ3v) is 3.75. The van der Waals surface area contributed by atoms with E-state index in [1.807, 2.05) is 24.4 Å². The molecule has 4 rings (SSSR count). The molecule has 2 heterocycles. The molecular formula is C15H15N3O2. The van der Waals surface area contributed by atoms with Crippen molar-refractivity contribution < 1.29 is 9.63 Å². The fraction of sp³-hybridized carbons (Fsp3) is 0.333. The third kappa shape index (κ3) is 2.00. The Bertz CT molecular complexity index is 755. The quantitative estimate of drug-likeness (QED) is 0.790. The molecule has 1 aliphatic rings. The SMILES string of the molecule is OCc1ccc2ccn(Cc3nc(C4CC4)no3)c2c1. The van der Waals surface area contributed by atoms with Gasteiger partial charge in [0.15, 0.2) is 5.82 Å². The normalized spacial score (nSPS) is 15.1. The Labute approximate surface area is 115 Å². The fourth-order valence-corrected chi connectivity index (χ4v) is 2.45. The summed E-state index contributed by atoms with van der Waals surface area (Å²) in [5.74, 6) is 1.99. The van der Waals surface area contributed by atoms with Crippen LogP contribution in [0.2, 0.25) is 0 Å². The van der Waals surface area contributed by atoms with Crippen LogP contribution in [0.5, 0.6) is 0 Å². The van der Waals surface area contributed by atoms with Crippen molar-refractivity contribution in [1.82, 2.24) is 14.7 Å². The highest BCUT2D eigenvalue weighted by molar-refractivity contribution is 5.80. The minimum atomic E-state index is 0.0491. The van der Waals surface area contributed by atoms with Gasteiger partial charge in [-0.15, -0.1) is 0 Å². The van der Waals surface area contributed by atoms with E-state index in [2.05, 4.69) is 20.8 Å². The largest absolute Gasteiger partial charge is 0.392 e. The van der Waals surface area contributed by atoms with Gasteiger partial charge in [-0.2, -0.15) is 4.98 Å². The van der Waals surface area contributed by atoms with Gasteiger partial charge in [-0.3, -0.25) is 0 Å². The van der Waals surface area contributed by atoms with Crippen LogP contribution in [-0.2, 0) is 13.2 Å². The zero-order valence-electron chi connectivity index (χ0n) is 11.0. The van der Waals surface area contributed by atoms with Crippen molar-refractivity contribution in [2.75, 3.05) is 0 Å². The molecule has 0 bridgehead atoms. The summed E-state index contributed by atoms with van der Waals surface area (Å²) < 4.78 is 7.38. The Balaban J connectivity index is 1.66. The average molecular weight is 269 g/mol. The first-order chi connectivity index (χ1) is 9.83. The first-order valence-electron chi connectivity index (χ1n) is 6.84. The lowest BCUT2D eigenvalue weighted by molar-refractivity contribution is 0.282. The van der Waals surface area contributed by atoms with Crippen LogP contribution in [0.3, 0.4) is 0 Å². The van der Waals surface area contributed by atoms with Gasteiger partial charge in [-0.1, -0.05) is 17.3 Å². The Hall–Kier alpha value is -2.14. The number of aromatic nitrogens is 3. The summed E-state index contributed by atoms with van der Waals surface area (Å²) in [5.41, 5.74) is 1.98. The fourth-order valence-electron chi connectivity index (χ4n) is 2.45. The number of aliphatic hydroxyl groups is 1. The molecule has 20 heavy (non-hydrogen) atoms. The lowest BCUT2D eigenvalue weighted by atomic mass is 10.2. The second kappa shape index (κ2) is 4.45. The molecule has 102 valence electrons. The van der Waals surface area contributed by atoms with Gasteiger partial charge in [0.1, 0.15) is 6.54 Å². The van der Waals surface area contributed by atoms with Crippen LogP contribution in [0.4, 0.5) is 0 Å². The van der Waals surface area contributed by atoms with Gasteiger partial charge in [0, 0.05) is 17.6 Å². The smallest absolute Gasteiger partial charge is 0.246 e. The van der Waals surface area contributed by atoms with E-state index < -0.39 is 0 Å². The predicted octanol–water partition coefficient (Wildman–Crippen LogP) is 2.44. The number of aliphatic hydroxyl groups excluding tert-OH is 1. The topological polar surface area (TPSA) is 64.1 Å². The lowest BCUT2D eigenvalue weighted by Gasteiger charge is -2.03.